The maximum absolute atomic E-state index is 12.7. The van der Waals surface area contributed by atoms with Crippen LogP contribution in [0.3, 0.4) is 0 Å². The molecular weight excluding hydrogens is 368 g/mol. The van der Waals surface area contributed by atoms with Crippen molar-refractivity contribution in [3.8, 4) is 11.5 Å². The molecule has 2 aliphatic heterocycles. The van der Waals surface area contributed by atoms with Crippen LogP contribution in [-0.2, 0) is 4.79 Å². The fourth-order valence-corrected chi connectivity index (χ4v) is 3.96. The molecule has 2 aromatic carbocycles. The number of likely N-dealkylation sites (tertiary alicyclic amines) is 1. The Morgan fingerprint density at radius 2 is 1.83 bits per heavy atom. The Kier molecular flexibility index (Phi) is 5.25. The van der Waals surface area contributed by atoms with Crippen LogP contribution < -0.4 is 14.8 Å². The van der Waals surface area contributed by atoms with E-state index in [9.17, 15) is 9.59 Å². The second-order valence-corrected chi connectivity index (χ2v) is 7.35. The predicted octanol–water partition coefficient (Wildman–Crippen LogP) is 3.87. The van der Waals surface area contributed by atoms with Crippen LogP contribution in [0.2, 0.25) is 0 Å². The first kappa shape index (κ1) is 19.1. The van der Waals surface area contributed by atoms with E-state index in [2.05, 4.69) is 24.0 Å². The van der Waals surface area contributed by atoms with Crippen molar-refractivity contribution in [2.75, 3.05) is 25.2 Å². The topological polar surface area (TPSA) is 67.9 Å². The molecule has 6 heteroatoms. The Labute approximate surface area is 170 Å². The zero-order valence-electron chi connectivity index (χ0n) is 16.4. The summed E-state index contributed by atoms with van der Waals surface area (Å²) in [6, 6.07) is 11.5. The molecule has 1 N–H and O–H groups in total. The van der Waals surface area contributed by atoms with Gasteiger partial charge in [0.15, 0.2) is 11.5 Å². The highest BCUT2D eigenvalue weighted by Crippen LogP contribution is 2.37. The van der Waals surface area contributed by atoms with Gasteiger partial charge in [-0.3, -0.25) is 9.59 Å². The van der Waals surface area contributed by atoms with Crippen LogP contribution in [0, 0.1) is 6.92 Å². The highest BCUT2D eigenvalue weighted by molar-refractivity contribution is 6.05. The number of piperidine rings is 1. The van der Waals surface area contributed by atoms with Gasteiger partial charge >= 0.3 is 0 Å². The summed E-state index contributed by atoms with van der Waals surface area (Å²) in [6.45, 7) is 7.09. The van der Waals surface area contributed by atoms with E-state index in [0.717, 1.165) is 37.2 Å². The quantitative estimate of drug-likeness (QED) is 0.802. The molecule has 0 aliphatic carbocycles. The normalized spacial score (nSPS) is 15.8. The fourth-order valence-electron chi connectivity index (χ4n) is 3.96. The molecule has 150 valence electrons. The maximum atomic E-state index is 12.7. The molecule has 0 saturated carbocycles. The van der Waals surface area contributed by atoms with Gasteiger partial charge in [0.25, 0.3) is 5.91 Å². The van der Waals surface area contributed by atoms with Crippen LogP contribution >= 0.6 is 0 Å². The van der Waals surface area contributed by atoms with Crippen molar-refractivity contribution >= 4 is 17.5 Å². The largest absolute Gasteiger partial charge is 0.454 e. The molecule has 2 aromatic rings. The highest BCUT2D eigenvalue weighted by atomic mass is 16.7. The third kappa shape index (κ3) is 3.83. The van der Waals surface area contributed by atoms with Crippen molar-refractivity contribution in [3.63, 3.8) is 0 Å². The Bertz CT molecular complexity index is 944. The average Bonchev–Trinajstić information content (AvgIpc) is 3.24. The number of anilines is 1. The van der Waals surface area contributed by atoms with Crippen LogP contribution in [0.1, 0.15) is 40.2 Å². The molecule has 1 fully saturated rings. The number of fused-ring (bicyclic) bond motifs is 1. The monoisotopic (exact) mass is 392 g/mol. The number of nitrogens with one attached hydrogen (secondary N) is 1. The van der Waals surface area contributed by atoms with Crippen LogP contribution in [0.15, 0.2) is 49.1 Å². The molecule has 0 spiro atoms. The van der Waals surface area contributed by atoms with E-state index in [-0.39, 0.29) is 18.6 Å². The summed E-state index contributed by atoms with van der Waals surface area (Å²) >= 11 is 0. The van der Waals surface area contributed by atoms with Crippen LogP contribution in [0.5, 0.6) is 11.5 Å². The molecule has 0 radical (unpaired) electrons. The van der Waals surface area contributed by atoms with Gasteiger partial charge in [0, 0.05) is 29.9 Å². The van der Waals surface area contributed by atoms with Gasteiger partial charge in [-0.25, -0.2) is 0 Å². The molecule has 6 nitrogen and oxygen atoms in total. The van der Waals surface area contributed by atoms with Crippen molar-refractivity contribution in [3.05, 3.63) is 65.7 Å². The second-order valence-electron chi connectivity index (χ2n) is 7.35. The van der Waals surface area contributed by atoms with E-state index in [1.807, 2.05) is 24.0 Å². The summed E-state index contributed by atoms with van der Waals surface area (Å²) in [5.74, 6) is 1.55. The minimum absolute atomic E-state index is 0.000297. The molecular formula is C23H24N2O4. The van der Waals surface area contributed by atoms with Gasteiger partial charge in [-0.1, -0.05) is 18.7 Å². The van der Waals surface area contributed by atoms with E-state index in [1.54, 1.807) is 12.1 Å². The number of hydrogen-bond acceptors (Lipinski definition) is 4. The molecule has 0 unspecified atom stereocenters. The number of carbonyl (C=O) groups excluding carboxylic acids is 2. The van der Waals surface area contributed by atoms with Gasteiger partial charge in [-0.05, 0) is 61.6 Å². The summed E-state index contributed by atoms with van der Waals surface area (Å²) in [5.41, 5.74) is 3.32. The Hall–Kier alpha value is -3.28. The molecule has 0 bridgehead atoms. The van der Waals surface area contributed by atoms with Crippen LogP contribution in [0.4, 0.5) is 5.69 Å². The van der Waals surface area contributed by atoms with Crippen molar-refractivity contribution in [1.29, 1.82) is 0 Å². The maximum Gasteiger partial charge on any atom is 0.256 e. The first-order valence-corrected chi connectivity index (χ1v) is 9.78. The number of benzene rings is 2. The number of ether oxygens (including phenoxy) is 2. The fraction of sp³-hybridized carbons (Fsp3) is 0.304. The lowest BCUT2D eigenvalue weighted by atomic mass is 9.89. The summed E-state index contributed by atoms with van der Waals surface area (Å²) in [6.07, 6.45) is 3.24. The average molecular weight is 392 g/mol. The van der Waals surface area contributed by atoms with Crippen LogP contribution in [-0.4, -0.2) is 36.6 Å². The molecule has 29 heavy (non-hydrogen) atoms. The van der Waals surface area contributed by atoms with Gasteiger partial charge < -0.3 is 19.7 Å². The van der Waals surface area contributed by atoms with Crippen molar-refractivity contribution in [1.82, 2.24) is 4.90 Å². The minimum atomic E-state index is -0.176. The third-order valence-electron chi connectivity index (χ3n) is 5.65. The van der Waals surface area contributed by atoms with E-state index in [1.165, 1.54) is 11.6 Å². The van der Waals surface area contributed by atoms with Crippen molar-refractivity contribution in [2.45, 2.75) is 25.7 Å². The van der Waals surface area contributed by atoms with E-state index >= 15 is 0 Å². The van der Waals surface area contributed by atoms with Gasteiger partial charge in [-0.2, -0.15) is 0 Å². The van der Waals surface area contributed by atoms with E-state index < -0.39 is 0 Å². The summed E-state index contributed by atoms with van der Waals surface area (Å²) < 4.78 is 10.8. The summed E-state index contributed by atoms with van der Waals surface area (Å²) in [5, 5.41) is 2.95. The molecule has 0 aromatic heterocycles. The number of carbonyl (C=O) groups is 2. The lowest BCUT2D eigenvalue weighted by Crippen LogP contribution is -2.36. The Balaban J connectivity index is 1.40. The number of amides is 2. The highest BCUT2D eigenvalue weighted by Gasteiger charge is 2.23. The Morgan fingerprint density at radius 1 is 1.10 bits per heavy atom. The number of rotatable bonds is 4. The van der Waals surface area contributed by atoms with E-state index in [0.29, 0.717) is 23.0 Å². The molecule has 2 aliphatic rings. The minimum Gasteiger partial charge on any atom is -0.454 e. The first-order chi connectivity index (χ1) is 14.1. The lowest BCUT2D eigenvalue weighted by molar-refractivity contribution is -0.127. The lowest BCUT2D eigenvalue weighted by Gasteiger charge is -2.31. The molecule has 4 rings (SSSR count). The molecule has 0 atom stereocenters. The first-order valence-electron chi connectivity index (χ1n) is 9.78. The third-order valence-corrected chi connectivity index (χ3v) is 5.65. The van der Waals surface area contributed by atoms with Gasteiger partial charge in [-0.15, -0.1) is 0 Å². The smallest absolute Gasteiger partial charge is 0.256 e. The number of hydrogen-bond donors (Lipinski definition) is 1. The standard InChI is InChI=1S/C23H24N2O4/c1-3-21(26)25-12-10-17(11-13-25)16-4-6-18(7-5-16)24-23(27)19-8-9-20-22(15(19)2)29-14-28-20/h3-9,17H,1,10-14H2,2H3,(H,24,27). The summed E-state index contributed by atoms with van der Waals surface area (Å²) in [4.78, 5) is 26.2. The van der Waals surface area contributed by atoms with Gasteiger partial charge in [0.1, 0.15) is 0 Å². The zero-order valence-corrected chi connectivity index (χ0v) is 16.4. The zero-order chi connectivity index (χ0) is 20.4. The Morgan fingerprint density at radius 3 is 2.52 bits per heavy atom. The molecule has 2 amide bonds. The predicted molar refractivity (Wildman–Crippen MR) is 110 cm³/mol. The van der Waals surface area contributed by atoms with Crippen LogP contribution in [0.25, 0.3) is 0 Å². The second kappa shape index (κ2) is 7.99. The van der Waals surface area contributed by atoms with Gasteiger partial charge in [0.05, 0.1) is 0 Å². The van der Waals surface area contributed by atoms with Gasteiger partial charge in [0.2, 0.25) is 12.7 Å². The SMILES string of the molecule is C=CC(=O)N1CCC(c2ccc(NC(=O)c3ccc4c(c3C)OCO4)cc2)CC1. The number of nitrogens with zero attached hydrogens (tertiary/aromatic N) is 1. The van der Waals surface area contributed by atoms with Crippen molar-refractivity contribution in [2.24, 2.45) is 0 Å². The molecule has 1 saturated heterocycles. The van der Waals surface area contributed by atoms with E-state index in [4.69, 9.17) is 9.47 Å². The molecule has 2 heterocycles. The summed E-state index contributed by atoms with van der Waals surface area (Å²) in [7, 11) is 0. The van der Waals surface area contributed by atoms with Crippen molar-refractivity contribution < 1.29 is 19.1 Å².